The van der Waals surface area contributed by atoms with Gasteiger partial charge in [-0.3, -0.25) is 10.1 Å². The van der Waals surface area contributed by atoms with Crippen LogP contribution in [0.3, 0.4) is 0 Å². The lowest BCUT2D eigenvalue weighted by atomic mass is 10.1. The van der Waals surface area contributed by atoms with Crippen LogP contribution >= 0.6 is 0 Å². The number of nitrogen functional groups attached to an aromatic ring is 1. The molecule has 0 spiro atoms. The highest BCUT2D eigenvalue weighted by Gasteiger charge is 2.16. The third-order valence-corrected chi connectivity index (χ3v) is 3.21. The predicted octanol–water partition coefficient (Wildman–Crippen LogP) is 0.682. The van der Waals surface area contributed by atoms with Gasteiger partial charge < -0.3 is 10.5 Å². The minimum absolute atomic E-state index is 0.0558. The highest BCUT2D eigenvalue weighted by atomic mass is 32.2. The van der Waals surface area contributed by atoms with E-state index in [1.807, 2.05) is 0 Å². The molecule has 0 atom stereocenters. The van der Waals surface area contributed by atoms with Crippen molar-refractivity contribution < 1.29 is 17.9 Å². The van der Waals surface area contributed by atoms with Gasteiger partial charge in [0.2, 0.25) is 0 Å². The van der Waals surface area contributed by atoms with Crippen LogP contribution in [0.15, 0.2) is 18.2 Å². The molecule has 0 aliphatic heterocycles. The maximum atomic E-state index is 11.7. The number of nitrogens with two attached hydrogens (primary N) is 1. The van der Waals surface area contributed by atoms with Crippen LogP contribution in [0.2, 0.25) is 0 Å². The standard InChI is InChI=1S/C11H16N4O4S/c1-3-19-11(16)15-20(17,18)14-9-6-8(10(12)13)5-4-7(9)2/h4-6,14H,3H2,1-2H3,(H3,12,13)(H,15,16). The minimum atomic E-state index is -4.11. The Morgan fingerprint density at radius 1 is 1.45 bits per heavy atom. The largest absolute Gasteiger partial charge is 0.449 e. The zero-order valence-corrected chi connectivity index (χ0v) is 11.9. The second-order valence-electron chi connectivity index (χ2n) is 3.87. The Bertz CT molecular complexity index is 627. The van der Waals surface area contributed by atoms with Gasteiger partial charge in [-0.2, -0.15) is 8.42 Å². The van der Waals surface area contributed by atoms with Crippen LogP contribution in [0.4, 0.5) is 10.5 Å². The minimum Gasteiger partial charge on any atom is -0.449 e. The van der Waals surface area contributed by atoms with E-state index in [0.717, 1.165) is 0 Å². The van der Waals surface area contributed by atoms with Crippen molar-refractivity contribution in [3.05, 3.63) is 29.3 Å². The first kappa shape index (κ1) is 15.8. The Balaban J connectivity index is 2.94. The summed E-state index contributed by atoms with van der Waals surface area (Å²) in [6.45, 7) is 3.28. The molecule has 1 amide bonds. The summed E-state index contributed by atoms with van der Waals surface area (Å²) in [6, 6.07) is 4.61. The van der Waals surface area contributed by atoms with E-state index in [1.54, 1.807) is 30.7 Å². The average Bonchev–Trinajstić information content (AvgIpc) is 2.30. The third kappa shape index (κ3) is 4.43. The average molecular weight is 300 g/mol. The highest BCUT2D eigenvalue weighted by Crippen LogP contribution is 2.17. The van der Waals surface area contributed by atoms with Gasteiger partial charge in [0.25, 0.3) is 0 Å². The third-order valence-electron chi connectivity index (χ3n) is 2.29. The first-order valence-electron chi connectivity index (χ1n) is 5.67. The molecule has 5 N–H and O–H groups in total. The number of rotatable bonds is 5. The molecule has 0 fully saturated rings. The van der Waals surface area contributed by atoms with Gasteiger partial charge in [0.1, 0.15) is 5.84 Å². The zero-order chi connectivity index (χ0) is 15.3. The van der Waals surface area contributed by atoms with E-state index < -0.39 is 16.3 Å². The molecule has 20 heavy (non-hydrogen) atoms. The van der Waals surface area contributed by atoms with Gasteiger partial charge in [0.05, 0.1) is 12.3 Å². The summed E-state index contributed by atoms with van der Waals surface area (Å²) >= 11 is 0. The number of anilines is 1. The molecule has 0 aliphatic carbocycles. The van der Waals surface area contributed by atoms with Gasteiger partial charge >= 0.3 is 16.3 Å². The van der Waals surface area contributed by atoms with Crippen molar-refractivity contribution in [2.45, 2.75) is 13.8 Å². The van der Waals surface area contributed by atoms with Crippen LogP contribution in [0.5, 0.6) is 0 Å². The summed E-state index contributed by atoms with van der Waals surface area (Å²) in [7, 11) is -4.11. The molecular weight excluding hydrogens is 284 g/mol. The number of hydrogen-bond donors (Lipinski definition) is 4. The van der Waals surface area contributed by atoms with Gasteiger partial charge in [-0.15, -0.1) is 0 Å². The van der Waals surface area contributed by atoms with Crippen LogP contribution in [0, 0.1) is 12.3 Å². The van der Waals surface area contributed by atoms with Crippen molar-refractivity contribution in [3.8, 4) is 0 Å². The second-order valence-corrected chi connectivity index (χ2v) is 5.29. The summed E-state index contributed by atoms with van der Waals surface area (Å²) in [4.78, 5) is 11.1. The number of carbonyl (C=O) groups is 1. The smallest absolute Gasteiger partial charge is 0.422 e. The molecule has 0 aromatic heterocycles. The fourth-order valence-electron chi connectivity index (χ4n) is 1.34. The van der Waals surface area contributed by atoms with Gasteiger partial charge in [-0.1, -0.05) is 12.1 Å². The Hall–Kier alpha value is -2.29. The molecule has 9 heteroatoms. The van der Waals surface area contributed by atoms with Crippen molar-refractivity contribution in [2.24, 2.45) is 5.73 Å². The maximum Gasteiger partial charge on any atom is 0.422 e. The zero-order valence-electron chi connectivity index (χ0n) is 11.1. The molecule has 1 aromatic rings. The second kappa shape index (κ2) is 6.24. The lowest BCUT2D eigenvalue weighted by Crippen LogP contribution is -2.36. The van der Waals surface area contributed by atoms with Gasteiger partial charge in [0.15, 0.2) is 0 Å². The number of nitrogens with one attached hydrogen (secondary N) is 3. The fraction of sp³-hybridized carbons (Fsp3) is 0.273. The molecule has 110 valence electrons. The van der Waals surface area contributed by atoms with E-state index in [-0.39, 0.29) is 18.1 Å². The van der Waals surface area contributed by atoms with Crippen molar-refractivity contribution in [1.29, 1.82) is 5.41 Å². The molecule has 0 radical (unpaired) electrons. The van der Waals surface area contributed by atoms with Crippen molar-refractivity contribution >= 4 is 27.8 Å². The molecule has 1 aromatic carbocycles. The molecule has 1 rings (SSSR count). The lowest BCUT2D eigenvalue weighted by Gasteiger charge is -2.12. The normalized spacial score (nSPS) is 10.7. The van der Waals surface area contributed by atoms with Crippen molar-refractivity contribution in [3.63, 3.8) is 0 Å². The first-order chi connectivity index (χ1) is 9.25. The molecule has 8 nitrogen and oxygen atoms in total. The molecule has 0 heterocycles. The number of ether oxygens (including phenoxy) is 1. The Kier molecular flexibility index (Phi) is 4.92. The summed E-state index contributed by atoms with van der Waals surface area (Å²) in [5.41, 5.74) is 6.53. The van der Waals surface area contributed by atoms with E-state index >= 15 is 0 Å². The van der Waals surface area contributed by atoms with E-state index in [2.05, 4.69) is 9.46 Å². The van der Waals surface area contributed by atoms with E-state index in [0.29, 0.717) is 11.1 Å². The quantitative estimate of drug-likeness (QED) is 0.468. The summed E-state index contributed by atoms with van der Waals surface area (Å²) in [6.07, 6.45) is -1.07. The summed E-state index contributed by atoms with van der Waals surface area (Å²) in [5, 5.41) is 7.31. The number of benzene rings is 1. The SMILES string of the molecule is CCOC(=O)NS(=O)(=O)Nc1cc(C(=N)N)ccc1C. The molecule has 0 saturated heterocycles. The molecular formula is C11H16N4O4S. The summed E-state index contributed by atoms with van der Waals surface area (Å²) in [5.74, 6) is -0.191. The van der Waals surface area contributed by atoms with Crippen LogP contribution in [0.1, 0.15) is 18.1 Å². The lowest BCUT2D eigenvalue weighted by molar-refractivity contribution is 0.159. The molecule has 0 unspecified atom stereocenters. The summed E-state index contributed by atoms with van der Waals surface area (Å²) < 4.78 is 31.8. The monoisotopic (exact) mass is 300 g/mol. The molecule has 0 aliphatic rings. The number of amides is 1. The van der Waals surface area contributed by atoms with Crippen LogP contribution in [-0.2, 0) is 14.9 Å². The maximum absolute atomic E-state index is 11.7. The van der Waals surface area contributed by atoms with E-state index in [1.165, 1.54) is 6.07 Å². The Labute approximate surface area is 117 Å². The molecule has 0 bridgehead atoms. The van der Waals surface area contributed by atoms with Crippen LogP contribution in [0.25, 0.3) is 0 Å². The number of amidine groups is 1. The highest BCUT2D eigenvalue weighted by molar-refractivity contribution is 7.91. The van der Waals surface area contributed by atoms with E-state index in [4.69, 9.17) is 11.1 Å². The van der Waals surface area contributed by atoms with Gasteiger partial charge in [-0.05, 0) is 25.5 Å². The fourth-order valence-corrected chi connectivity index (χ4v) is 2.18. The topological polar surface area (TPSA) is 134 Å². The first-order valence-corrected chi connectivity index (χ1v) is 7.16. The number of hydrogen-bond acceptors (Lipinski definition) is 5. The molecule has 0 saturated carbocycles. The van der Waals surface area contributed by atoms with Crippen molar-refractivity contribution in [2.75, 3.05) is 11.3 Å². The van der Waals surface area contributed by atoms with Crippen LogP contribution in [-0.4, -0.2) is 27.0 Å². The van der Waals surface area contributed by atoms with Crippen LogP contribution < -0.4 is 15.2 Å². The Morgan fingerprint density at radius 3 is 2.65 bits per heavy atom. The van der Waals surface area contributed by atoms with Gasteiger partial charge in [-0.25, -0.2) is 9.52 Å². The number of carbonyl (C=O) groups excluding carboxylic acids is 1. The van der Waals surface area contributed by atoms with E-state index in [9.17, 15) is 13.2 Å². The van der Waals surface area contributed by atoms with Gasteiger partial charge in [0, 0.05) is 5.56 Å². The number of aryl methyl sites for hydroxylation is 1. The predicted molar refractivity (Wildman–Crippen MR) is 74.9 cm³/mol. The van der Waals surface area contributed by atoms with Crippen molar-refractivity contribution in [1.82, 2.24) is 4.72 Å². The Morgan fingerprint density at radius 2 is 2.10 bits per heavy atom.